The van der Waals surface area contributed by atoms with Crippen molar-refractivity contribution in [3.63, 3.8) is 0 Å². The van der Waals surface area contributed by atoms with Crippen LogP contribution in [-0.2, 0) is 0 Å². The summed E-state index contributed by atoms with van der Waals surface area (Å²) >= 11 is 0. The van der Waals surface area contributed by atoms with Gasteiger partial charge in [0.25, 0.3) is 5.91 Å². The first-order chi connectivity index (χ1) is 11.4. The average molecular weight is 343 g/mol. The Morgan fingerprint density at radius 2 is 1.83 bits per heavy atom. The second-order valence-corrected chi connectivity index (χ2v) is 6.29. The maximum atomic E-state index is 12.9. The fourth-order valence-corrected chi connectivity index (χ4v) is 3.19. The molecule has 2 atom stereocenters. The zero-order valence-corrected chi connectivity index (χ0v) is 13.2. The van der Waals surface area contributed by atoms with Crippen molar-refractivity contribution in [2.45, 2.75) is 44.3 Å². The first-order valence-electron chi connectivity index (χ1n) is 8.21. The van der Waals surface area contributed by atoms with Gasteiger partial charge in [-0.05, 0) is 37.5 Å². The first kappa shape index (κ1) is 16.9. The lowest BCUT2D eigenvalue weighted by atomic mass is 9.85. The van der Waals surface area contributed by atoms with E-state index in [1.807, 2.05) is 0 Å². The largest absolute Gasteiger partial charge is 0.490 e. The highest BCUT2D eigenvalue weighted by Crippen LogP contribution is 2.37. The molecule has 2 aliphatic rings. The number of hydrogen-bond donors (Lipinski definition) is 1. The summed E-state index contributed by atoms with van der Waals surface area (Å²) in [6.45, 7) is 1.06. The van der Waals surface area contributed by atoms with Crippen LogP contribution < -0.4 is 14.8 Å². The standard InChI is InChI=1S/C17H20F3NO3/c18-17(19,20)12-3-1-4-13(10-12)21-16(22)11-5-6-14-15(9-11)24-8-2-7-23-14/h5-6,9,12-13H,1-4,7-8,10H2,(H,21,22)/t12-,13-/m0/s1. The smallest absolute Gasteiger partial charge is 0.391 e. The minimum absolute atomic E-state index is 0.0558. The zero-order valence-electron chi connectivity index (χ0n) is 13.2. The molecule has 4 nitrogen and oxygen atoms in total. The van der Waals surface area contributed by atoms with E-state index in [-0.39, 0.29) is 18.7 Å². The van der Waals surface area contributed by atoms with E-state index in [0.29, 0.717) is 43.1 Å². The van der Waals surface area contributed by atoms with E-state index in [1.54, 1.807) is 18.2 Å². The van der Waals surface area contributed by atoms with Gasteiger partial charge in [-0.1, -0.05) is 6.42 Å². The monoisotopic (exact) mass is 343 g/mol. The molecule has 1 fully saturated rings. The topological polar surface area (TPSA) is 47.6 Å². The number of halogens is 3. The molecule has 0 bridgehead atoms. The second-order valence-electron chi connectivity index (χ2n) is 6.29. The first-order valence-corrected chi connectivity index (χ1v) is 8.21. The third-order valence-corrected chi connectivity index (χ3v) is 4.48. The van der Waals surface area contributed by atoms with Crippen molar-refractivity contribution in [1.82, 2.24) is 5.32 Å². The molecule has 24 heavy (non-hydrogen) atoms. The van der Waals surface area contributed by atoms with Crippen LogP contribution in [0, 0.1) is 5.92 Å². The van der Waals surface area contributed by atoms with Gasteiger partial charge in [-0.15, -0.1) is 0 Å². The van der Waals surface area contributed by atoms with E-state index in [4.69, 9.17) is 9.47 Å². The lowest BCUT2D eigenvalue weighted by Gasteiger charge is -2.31. The van der Waals surface area contributed by atoms with Crippen molar-refractivity contribution < 1.29 is 27.4 Å². The molecular formula is C17H20F3NO3. The molecule has 1 aromatic carbocycles. The van der Waals surface area contributed by atoms with Crippen LogP contribution in [0.5, 0.6) is 11.5 Å². The summed E-state index contributed by atoms with van der Waals surface area (Å²) in [5.74, 6) is -0.630. The number of nitrogens with one attached hydrogen (secondary N) is 1. The SMILES string of the molecule is O=C(N[C@H]1CCC[C@H](C(F)(F)F)C1)c1ccc2c(c1)OCCCO2. The van der Waals surface area contributed by atoms with Gasteiger partial charge in [0.1, 0.15) is 0 Å². The van der Waals surface area contributed by atoms with Gasteiger partial charge in [-0.3, -0.25) is 4.79 Å². The minimum Gasteiger partial charge on any atom is -0.490 e. The summed E-state index contributed by atoms with van der Waals surface area (Å²) in [4.78, 5) is 12.4. The molecule has 1 aliphatic carbocycles. The van der Waals surface area contributed by atoms with Crippen molar-refractivity contribution >= 4 is 5.91 Å². The third kappa shape index (κ3) is 3.94. The van der Waals surface area contributed by atoms with Crippen LogP contribution in [0.25, 0.3) is 0 Å². The molecule has 0 saturated heterocycles. The molecule has 3 rings (SSSR count). The summed E-state index contributed by atoms with van der Waals surface area (Å²) < 4.78 is 49.6. The van der Waals surface area contributed by atoms with Crippen LogP contribution in [0.2, 0.25) is 0 Å². The highest BCUT2D eigenvalue weighted by molar-refractivity contribution is 5.95. The summed E-state index contributed by atoms with van der Waals surface area (Å²) in [5.41, 5.74) is 0.369. The van der Waals surface area contributed by atoms with Gasteiger partial charge in [0.15, 0.2) is 11.5 Å². The number of carbonyl (C=O) groups excluding carboxylic acids is 1. The number of benzene rings is 1. The molecular weight excluding hydrogens is 323 g/mol. The summed E-state index contributed by atoms with van der Waals surface area (Å²) in [6, 6.07) is 4.40. The Morgan fingerprint density at radius 3 is 2.58 bits per heavy atom. The molecule has 1 amide bonds. The van der Waals surface area contributed by atoms with Crippen molar-refractivity contribution in [2.24, 2.45) is 5.92 Å². The van der Waals surface area contributed by atoms with Gasteiger partial charge in [0.05, 0.1) is 19.1 Å². The molecule has 132 valence electrons. The van der Waals surface area contributed by atoms with E-state index < -0.39 is 18.1 Å². The fourth-order valence-electron chi connectivity index (χ4n) is 3.19. The van der Waals surface area contributed by atoms with Crippen molar-refractivity contribution in [3.05, 3.63) is 23.8 Å². The van der Waals surface area contributed by atoms with Crippen molar-refractivity contribution in [2.75, 3.05) is 13.2 Å². The van der Waals surface area contributed by atoms with E-state index in [9.17, 15) is 18.0 Å². The Bertz CT molecular complexity index is 603. The Kier molecular flexibility index (Phi) is 4.87. The van der Waals surface area contributed by atoms with Crippen molar-refractivity contribution in [3.8, 4) is 11.5 Å². The van der Waals surface area contributed by atoms with Crippen LogP contribution >= 0.6 is 0 Å². The van der Waals surface area contributed by atoms with Gasteiger partial charge in [0, 0.05) is 18.0 Å². The Morgan fingerprint density at radius 1 is 1.08 bits per heavy atom. The highest BCUT2D eigenvalue weighted by Gasteiger charge is 2.42. The number of rotatable bonds is 2. The maximum absolute atomic E-state index is 12.9. The Hall–Kier alpha value is -1.92. The molecule has 0 unspecified atom stereocenters. The minimum atomic E-state index is -4.20. The predicted octanol–water partition coefficient (Wildman–Crippen LogP) is 3.70. The summed E-state index contributed by atoms with van der Waals surface area (Å²) in [7, 11) is 0. The number of hydrogen-bond acceptors (Lipinski definition) is 3. The second kappa shape index (κ2) is 6.91. The molecule has 0 radical (unpaired) electrons. The lowest BCUT2D eigenvalue weighted by Crippen LogP contribution is -2.41. The molecule has 1 aromatic rings. The van der Waals surface area contributed by atoms with Crippen LogP contribution in [0.3, 0.4) is 0 Å². The Labute approximate surface area is 138 Å². The number of carbonyl (C=O) groups is 1. The van der Waals surface area contributed by atoms with Crippen LogP contribution in [-0.4, -0.2) is 31.3 Å². The molecule has 1 heterocycles. The van der Waals surface area contributed by atoms with E-state index >= 15 is 0 Å². The van der Waals surface area contributed by atoms with Crippen molar-refractivity contribution in [1.29, 1.82) is 0 Å². The van der Waals surface area contributed by atoms with Gasteiger partial charge >= 0.3 is 6.18 Å². The molecule has 1 N–H and O–H groups in total. The van der Waals surface area contributed by atoms with Gasteiger partial charge < -0.3 is 14.8 Å². The fraction of sp³-hybridized carbons (Fsp3) is 0.588. The lowest BCUT2D eigenvalue weighted by molar-refractivity contribution is -0.183. The quantitative estimate of drug-likeness (QED) is 0.891. The number of ether oxygens (including phenoxy) is 2. The van der Waals surface area contributed by atoms with E-state index in [1.165, 1.54) is 0 Å². The summed E-state index contributed by atoms with van der Waals surface area (Å²) in [5, 5.41) is 2.72. The maximum Gasteiger partial charge on any atom is 0.391 e. The molecule has 1 aliphatic heterocycles. The van der Waals surface area contributed by atoms with Crippen LogP contribution in [0.4, 0.5) is 13.2 Å². The molecule has 7 heteroatoms. The zero-order chi connectivity index (χ0) is 17.2. The van der Waals surface area contributed by atoms with Gasteiger partial charge in [0.2, 0.25) is 0 Å². The van der Waals surface area contributed by atoms with Crippen LogP contribution in [0.1, 0.15) is 42.5 Å². The predicted molar refractivity (Wildman–Crippen MR) is 81.3 cm³/mol. The molecule has 0 spiro atoms. The third-order valence-electron chi connectivity index (χ3n) is 4.48. The van der Waals surface area contributed by atoms with Gasteiger partial charge in [-0.2, -0.15) is 13.2 Å². The van der Waals surface area contributed by atoms with E-state index in [0.717, 1.165) is 6.42 Å². The Balaban J connectivity index is 1.65. The normalized spacial score (nSPS) is 24.1. The van der Waals surface area contributed by atoms with Gasteiger partial charge in [-0.25, -0.2) is 0 Å². The average Bonchev–Trinajstić information content (AvgIpc) is 2.78. The van der Waals surface area contributed by atoms with E-state index in [2.05, 4.69) is 5.32 Å². The molecule has 0 aromatic heterocycles. The number of fused-ring (bicyclic) bond motifs is 1. The molecule has 1 saturated carbocycles. The van der Waals surface area contributed by atoms with Crippen LogP contribution in [0.15, 0.2) is 18.2 Å². The number of amides is 1. The highest BCUT2D eigenvalue weighted by atomic mass is 19.4. The summed E-state index contributed by atoms with van der Waals surface area (Å²) in [6.07, 6.45) is -2.31. The number of alkyl halides is 3.